The van der Waals surface area contributed by atoms with Crippen molar-refractivity contribution in [2.75, 3.05) is 5.43 Å². The Morgan fingerprint density at radius 3 is 2.65 bits per heavy atom. The minimum Gasteiger partial charge on any atom is -0.252 e. The number of fused-ring (bicyclic) bond motifs is 1. The van der Waals surface area contributed by atoms with Crippen LogP contribution in [-0.2, 0) is 0 Å². The maximum absolute atomic E-state index is 5.87. The Labute approximate surface area is 125 Å². The van der Waals surface area contributed by atoms with Gasteiger partial charge in [-0.3, -0.25) is 5.43 Å². The van der Waals surface area contributed by atoms with Gasteiger partial charge < -0.3 is 0 Å². The van der Waals surface area contributed by atoms with Gasteiger partial charge in [0.2, 0.25) is 5.13 Å². The van der Waals surface area contributed by atoms with E-state index >= 15 is 0 Å². The van der Waals surface area contributed by atoms with Crippen molar-refractivity contribution in [1.29, 1.82) is 0 Å². The highest BCUT2D eigenvalue weighted by Gasteiger charge is 2.02. The van der Waals surface area contributed by atoms with Crippen LogP contribution in [0.4, 0.5) is 5.13 Å². The Balaban J connectivity index is 1.80. The van der Waals surface area contributed by atoms with Crippen molar-refractivity contribution in [1.82, 2.24) is 4.98 Å². The number of nitrogens with zero attached hydrogens (tertiary/aromatic N) is 2. The number of rotatable bonds is 3. The van der Waals surface area contributed by atoms with Gasteiger partial charge in [0.15, 0.2) is 0 Å². The summed E-state index contributed by atoms with van der Waals surface area (Å²) in [6.07, 6.45) is 0. The lowest BCUT2D eigenvalue weighted by atomic mass is 10.1. The maximum Gasteiger partial charge on any atom is 0.204 e. The molecule has 3 nitrogen and oxygen atoms in total. The minimum atomic E-state index is 0.723. The van der Waals surface area contributed by atoms with Gasteiger partial charge in [-0.2, -0.15) is 5.10 Å². The molecule has 0 aliphatic carbocycles. The topological polar surface area (TPSA) is 37.3 Å². The maximum atomic E-state index is 5.87. The number of halogens is 1. The molecule has 0 amide bonds. The molecule has 0 saturated heterocycles. The molecule has 1 N–H and O–H groups in total. The first-order valence-corrected chi connectivity index (χ1v) is 7.33. The van der Waals surface area contributed by atoms with E-state index in [0.29, 0.717) is 0 Å². The smallest absolute Gasteiger partial charge is 0.204 e. The van der Waals surface area contributed by atoms with Crippen molar-refractivity contribution < 1.29 is 0 Å². The zero-order valence-corrected chi connectivity index (χ0v) is 12.4. The molecule has 0 aliphatic heterocycles. The molecule has 1 aromatic heterocycles. The van der Waals surface area contributed by atoms with Crippen LogP contribution in [0.25, 0.3) is 10.2 Å². The van der Waals surface area contributed by atoms with Gasteiger partial charge in [0.05, 0.1) is 15.9 Å². The van der Waals surface area contributed by atoms with E-state index in [1.54, 1.807) is 11.3 Å². The predicted octanol–water partition coefficient (Wildman–Crippen LogP) is 4.79. The van der Waals surface area contributed by atoms with Crippen molar-refractivity contribution in [2.45, 2.75) is 6.92 Å². The molecule has 2 aromatic carbocycles. The molecule has 3 rings (SSSR count). The zero-order chi connectivity index (χ0) is 13.9. The molecule has 3 aromatic rings. The van der Waals surface area contributed by atoms with Gasteiger partial charge in [0, 0.05) is 5.02 Å². The normalized spacial score (nSPS) is 11.8. The lowest BCUT2D eigenvalue weighted by Crippen LogP contribution is -1.99. The van der Waals surface area contributed by atoms with Gasteiger partial charge in [0.25, 0.3) is 0 Å². The summed E-state index contributed by atoms with van der Waals surface area (Å²) in [7, 11) is 0. The van der Waals surface area contributed by atoms with Crippen LogP contribution in [-0.4, -0.2) is 10.7 Å². The summed E-state index contributed by atoms with van der Waals surface area (Å²) in [5.74, 6) is 0. The Bertz CT molecular complexity index is 729. The van der Waals surface area contributed by atoms with Crippen LogP contribution in [0.1, 0.15) is 12.5 Å². The fraction of sp³-hybridized carbons (Fsp3) is 0.0667. The summed E-state index contributed by atoms with van der Waals surface area (Å²) in [6.45, 7) is 1.95. The van der Waals surface area contributed by atoms with Crippen LogP contribution in [0.2, 0.25) is 5.02 Å². The fourth-order valence-electron chi connectivity index (χ4n) is 1.81. The average molecular weight is 302 g/mol. The Kier molecular flexibility index (Phi) is 3.67. The Hall–Kier alpha value is -1.91. The molecule has 0 atom stereocenters. The predicted molar refractivity (Wildman–Crippen MR) is 86.9 cm³/mol. The monoisotopic (exact) mass is 301 g/mol. The van der Waals surface area contributed by atoms with Crippen molar-refractivity contribution in [3.05, 3.63) is 59.1 Å². The van der Waals surface area contributed by atoms with Gasteiger partial charge in [0.1, 0.15) is 0 Å². The first-order valence-electron chi connectivity index (χ1n) is 6.14. The Morgan fingerprint density at radius 2 is 1.90 bits per heavy atom. The Morgan fingerprint density at radius 1 is 1.15 bits per heavy atom. The average Bonchev–Trinajstić information content (AvgIpc) is 2.88. The third-order valence-corrected chi connectivity index (χ3v) is 4.07. The van der Waals surface area contributed by atoms with Gasteiger partial charge in [-0.15, -0.1) is 0 Å². The van der Waals surface area contributed by atoms with Crippen LogP contribution in [0.15, 0.2) is 53.6 Å². The van der Waals surface area contributed by atoms with Crippen molar-refractivity contribution >= 4 is 44.0 Å². The molecule has 0 unspecified atom stereocenters. The number of hydrogen-bond acceptors (Lipinski definition) is 4. The summed E-state index contributed by atoms with van der Waals surface area (Å²) in [6, 6.07) is 15.6. The number of hydrogen-bond donors (Lipinski definition) is 1. The lowest BCUT2D eigenvalue weighted by molar-refractivity contribution is 1.29. The number of aromatic nitrogens is 1. The quantitative estimate of drug-likeness (QED) is 0.558. The van der Waals surface area contributed by atoms with E-state index in [9.17, 15) is 0 Å². The summed E-state index contributed by atoms with van der Waals surface area (Å²) < 4.78 is 1.15. The molecule has 100 valence electrons. The van der Waals surface area contributed by atoms with E-state index < -0.39 is 0 Å². The van der Waals surface area contributed by atoms with Crippen LogP contribution < -0.4 is 5.43 Å². The highest BCUT2D eigenvalue weighted by molar-refractivity contribution is 7.22. The van der Waals surface area contributed by atoms with E-state index in [1.807, 2.05) is 55.5 Å². The molecule has 0 radical (unpaired) electrons. The van der Waals surface area contributed by atoms with E-state index in [-0.39, 0.29) is 0 Å². The molecular formula is C15H12ClN3S. The number of anilines is 1. The van der Waals surface area contributed by atoms with E-state index in [0.717, 1.165) is 31.6 Å². The van der Waals surface area contributed by atoms with Gasteiger partial charge in [-0.05, 0) is 36.8 Å². The minimum absolute atomic E-state index is 0.723. The van der Waals surface area contributed by atoms with Crippen LogP contribution in [0, 0.1) is 0 Å². The number of hydrazone groups is 1. The molecular weight excluding hydrogens is 290 g/mol. The molecule has 0 saturated carbocycles. The third kappa shape index (κ3) is 2.81. The summed E-state index contributed by atoms with van der Waals surface area (Å²) >= 11 is 7.46. The highest BCUT2D eigenvalue weighted by atomic mass is 35.5. The second-order valence-corrected chi connectivity index (χ2v) is 5.77. The third-order valence-electron chi connectivity index (χ3n) is 2.88. The van der Waals surface area contributed by atoms with E-state index in [2.05, 4.69) is 15.5 Å². The molecule has 0 bridgehead atoms. The van der Waals surface area contributed by atoms with Gasteiger partial charge >= 0.3 is 0 Å². The summed E-state index contributed by atoms with van der Waals surface area (Å²) in [5.41, 5.74) is 5.92. The van der Waals surface area contributed by atoms with E-state index in [4.69, 9.17) is 11.6 Å². The summed E-state index contributed by atoms with van der Waals surface area (Å²) in [4.78, 5) is 4.47. The largest absolute Gasteiger partial charge is 0.252 e. The summed E-state index contributed by atoms with van der Waals surface area (Å²) in [5, 5.41) is 5.88. The van der Waals surface area contributed by atoms with Crippen molar-refractivity contribution in [2.24, 2.45) is 5.10 Å². The molecule has 20 heavy (non-hydrogen) atoms. The van der Waals surface area contributed by atoms with Crippen molar-refractivity contribution in [3.63, 3.8) is 0 Å². The second kappa shape index (κ2) is 5.61. The number of thiazole rings is 1. The zero-order valence-electron chi connectivity index (χ0n) is 10.8. The lowest BCUT2D eigenvalue weighted by Gasteiger charge is -2.01. The molecule has 0 fully saturated rings. The molecule has 1 heterocycles. The number of benzene rings is 2. The fourth-order valence-corrected chi connectivity index (χ4v) is 2.74. The second-order valence-electron chi connectivity index (χ2n) is 4.30. The van der Waals surface area contributed by atoms with Crippen molar-refractivity contribution in [3.8, 4) is 0 Å². The molecule has 0 aliphatic rings. The molecule has 5 heteroatoms. The van der Waals surface area contributed by atoms with Crippen LogP contribution in [0.5, 0.6) is 0 Å². The van der Waals surface area contributed by atoms with E-state index in [1.165, 1.54) is 0 Å². The van der Waals surface area contributed by atoms with Gasteiger partial charge in [-0.1, -0.05) is 47.2 Å². The van der Waals surface area contributed by atoms with Crippen LogP contribution >= 0.6 is 22.9 Å². The highest BCUT2D eigenvalue weighted by Crippen LogP contribution is 2.25. The van der Waals surface area contributed by atoms with Gasteiger partial charge in [-0.25, -0.2) is 4.98 Å². The number of nitrogens with one attached hydrogen (secondary N) is 1. The SMILES string of the molecule is C/C(=N\Nc1nc2ccccc2s1)c1ccc(Cl)cc1. The number of para-hydroxylation sites is 1. The first-order chi connectivity index (χ1) is 9.72. The standard InChI is InChI=1S/C15H12ClN3S/c1-10(11-6-8-12(16)9-7-11)18-19-15-17-13-4-2-3-5-14(13)20-15/h2-9H,1H3,(H,17,19)/b18-10+. The van der Waals surface area contributed by atoms with Crippen LogP contribution in [0.3, 0.4) is 0 Å². The first kappa shape index (κ1) is 13.1. The molecule has 0 spiro atoms.